The van der Waals surface area contributed by atoms with Gasteiger partial charge in [0.15, 0.2) is 0 Å². The van der Waals surface area contributed by atoms with Gasteiger partial charge in [0.05, 0.1) is 17.8 Å². The third kappa shape index (κ3) is 12.1. The third-order valence-electron chi connectivity index (χ3n) is 6.85. The number of hydrogen-bond donors (Lipinski definition) is 0. The van der Waals surface area contributed by atoms with E-state index in [-0.39, 0.29) is 52.9 Å². The molecule has 6 nitrogen and oxygen atoms in total. The average Bonchev–Trinajstić information content (AvgIpc) is 2.86. The highest BCUT2D eigenvalue weighted by molar-refractivity contribution is 5.79. The summed E-state index contributed by atoms with van der Waals surface area (Å²) < 4.78 is 17.1. The zero-order valence-corrected chi connectivity index (χ0v) is 24.3. The van der Waals surface area contributed by atoms with E-state index < -0.39 is 0 Å². The Labute approximate surface area is 224 Å². The molecule has 0 aliphatic carbocycles. The summed E-state index contributed by atoms with van der Waals surface area (Å²) in [5.41, 5.74) is 0.527. The lowest BCUT2D eigenvalue weighted by Crippen LogP contribution is -2.21. The zero-order valence-electron chi connectivity index (χ0n) is 24.3. The quantitative estimate of drug-likeness (QED) is 0.110. The van der Waals surface area contributed by atoms with Crippen LogP contribution < -0.4 is 14.2 Å². The van der Waals surface area contributed by atoms with Crippen LogP contribution in [0.4, 0.5) is 0 Å². The highest BCUT2D eigenvalue weighted by Crippen LogP contribution is 2.35. The molecule has 37 heavy (non-hydrogen) atoms. The lowest BCUT2D eigenvalue weighted by atomic mass is 10.0. The van der Waals surface area contributed by atoms with E-state index in [0.717, 1.165) is 77.0 Å². The van der Waals surface area contributed by atoms with E-state index in [1.54, 1.807) is 19.1 Å². The van der Waals surface area contributed by atoms with Gasteiger partial charge in [-0.2, -0.15) is 0 Å². The van der Waals surface area contributed by atoms with Crippen molar-refractivity contribution in [3.63, 3.8) is 0 Å². The normalized spacial score (nSPS) is 13.5. The number of hydrogen-bond acceptors (Lipinski definition) is 6. The van der Waals surface area contributed by atoms with Crippen molar-refractivity contribution in [3.8, 4) is 17.2 Å². The largest absolute Gasteiger partial charge is 0.426 e. The maximum Gasteiger partial charge on any atom is 0.314 e. The third-order valence-corrected chi connectivity index (χ3v) is 6.85. The van der Waals surface area contributed by atoms with Crippen molar-refractivity contribution in [3.05, 3.63) is 17.7 Å². The van der Waals surface area contributed by atoms with Gasteiger partial charge in [0.1, 0.15) is 17.2 Å². The molecule has 210 valence electrons. The average molecular weight is 519 g/mol. The van der Waals surface area contributed by atoms with Gasteiger partial charge in [0.25, 0.3) is 0 Å². The van der Waals surface area contributed by atoms with Crippen LogP contribution in [0.15, 0.2) is 12.1 Å². The fraction of sp³-hybridized carbons (Fsp3) is 0.710. The molecular weight excluding hydrogens is 468 g/mol. The Bertz CT molecular complexity index is 795. The Hall–Kier alpha value is -2.37. The molecule has 0 fully saturated rings. The summed E-state index contributed by atoms with van der Waals surface area (Å²) in [4.78, 5) is 38.3. The van der Waals surface area contributed by atoms with Gasteiger partial charge < -0.3 is 14.2 Å². The van der Waals surface area contributed by atoms with Gasteiger partial charge in [-0.1, -0.05) is 99.3 Å². The highest BCUT2D eigenvalue weighted by Gasteiger charge is 2.23. The van der Waals surface area contributed by atoms with E-state index in [4.69, 9.17) is 14.2 Å². The van der Waals surface area contributed by atoms with Crippen molar-refractivity contribution < 1.29 is 28.6 Å². The Morgan fingerprint density at radius 2 is 0.919 bits per heavy atom. The number of unbranched alkanes of at least 4 members (excludes halogenated alkanes) is 6. The fourth-order valence-corrected chi connectivity index (χ4v) is 4.00. The Morgan fingerprint density at radius 3 is 1.24 bits per heavy atom. The van der Waals surface area contributed by atoms with Crippen molar-refractivity contribution in [2.45, 2.75) is 126 Å². The van der Waals surface area contributed by atoms with E-state index in [0.29, 0.717) is 5.56 Å². The SMILES string of the molecule is CCCCCC(C)C(=O)Oc1cc(OC(=O)C(C)CCCCC)c(C)c(OC(=O)C(C)CCCCC)c1. The van der Waals surface area contributed by atoms with Gasteiger partial charge >= 0.3 is 17.9 Å². The summed E-state index contributed by atoms with van der Waals surface area (Å²) in [5.74, 6) is -1.13. The van der Waals surface area contributed by atoms with E-state index in [1.165, 1.54) is 0 Å². The molecule has 0 bridgehead atoms. The molecule has 0 heterocycles. The molecule has 0 amide bonds. The predicted molar refractivity (Wildman–Crippen MR) is 148 cm³/mol. The topological polar surface area (TPSA) is 78.9 Å². The lowest BCUT2D eigenvalue weighted by molar-refractivity contribution is -0.139. The van der Waals surface area contributed by atoms with Crippen LogP contribution in [-0.2, 0) is 14.4 Å². The molecular formula is C31H50O6. The van der Waals surface area contributed by atoms with Gasteiger partial charge in [-0.3, -0.25) is 14.4 Å². The highest BCUT2D eigenvalue weighted by atomic mass is 16.6. The predicted octanol–water partition coefficient (Wildman–Crippen LogP) is 8.36. The molecule has 1 rings (SSSR count). The van der Waals surface area contributed by atoms with Crippen LogP contribution in [0.25, 0.3) is 0 Å². The zero-order chi connectivity index (χ0) is 27.8. The number of esters is 3. The first-order chi connectivity index (χ1) is 17.6. The smallest absolute Gasteiger partial charge is 0.314 e. The summed E-state index contributed by atoms with van der Waals surface area (Å²) >= 11 is 0. The Balaban J connectivity index is 3.12. The molecule has 1 aromatic rings. The second-order valence-electron chi connectivity index (χ2n) is 10.5. The van der Waals surface area contributed by atoms with Crippen LogP contribution in [0.5, 0.6) is 17.2 Å². The van der Waals surface area contributed by atoms with E-state index >= 15 is 0 Å². The molecule has 6 heteroatoms. The number of carbonyl (C=O) groups is 3. The molecule has 0 aliphatic heterocycles. The molecule has 0 saturated heterocycles. The van der Waals surface area contributed by atoms with Crippen LogP contribution in [0.1, 0.15) is 124 Å². The number of carbonyl (C=O) groups excluding carboxylic acids is 3. The first-order valence-corrected chi connectivity index (χ1v) is 14.4. The van der Waals surface area contributed by atoms with Gasteiger partial charge in [-0.25, -0.2) is 0 Å². The maximum atomic E-state index is 12.8. The summed E-state index contributed by atoms with van der Waals surface area (Å²) in [7, 11) is 0. The summed E-state index contributed by atoms with van der Waals surface area (Å²) in [5, 5.41) is 0. The van der Waals surface area contributed by atoms with Gasteiger partial charge in [-0.05, 0) is 26.2 Å². The van der Waals surface area contributed by atoms with Crippen LogP contribution >= 0.6 is 0 Å². The minimum Gasteiger partial charge on any atom is -0.426 e. The van der Waals surface area contributed by atoms with E-state index in [1.807, 2.05) is 20.8 Å². The molecule has 1 aromatic carbocycles. The molecule has 0 spiro atoms. The maximum absolute atomic E-state index is 12.8. The molecule has 0 aliphatic rings. The minimum atomic E-state index is -0.352. The molecule has 0 radical (unpaired) electrons. The molecule has 0 aromatic heterocycles. The minimum absolute atomic E-state index is 0.209. The monoisotopic (exact) mass is 518 g/mol. The molecule has 3 unspecified atom stereocenters. The second kappa shape index (κ2) is 18.0. The van der Waals surface area contributed by atoms with Crippen molar-refractivity contribution >= 4 is 17.9 Å². The number of ether oxygens (including phenoxy) is 3. The lowest BCUT2D eigenvalue weighted by Gasteiger charge is -2.18. The van der Waals surface area contributed by atoms with Crippen LogP contribution in [-0.4, -0.2) is 17.9 Å². The fourth-order valence-electron chi connectivity index (χ4n) is 4.00. The standard InChI is InChI=1S/C31H50O6/c1-8-11-14-17-22(4)29(32)35-26-20-27(36-30(33)23(5)18-15-12-9-2)25(7)28(21-26)37-31(34)24(6)19-16-13-10-3/h20-24H,8-19H2,1-7H3. The second-order valence-corrected chi connectivity index (χ2v) is 10.5. The van der Waals surface area contributed by atoms with Crippen molar-refractivity contribution in [1.29, 1.82) is 0 Å². The van der Waals surface area contributed by atoms with Gasteiger partial charge in [0.2, 0.25) is 0 Å². The van der Waals surface area contributed by atoms with Crippen LogP contribution in [0.2, 0.25) is 0 Å². The van der Waals surface area contributed by atoms with Crippen LogP contribution in [0, 0.1) is 24.7 Å². The van der Waals surface area contributed by atoms with E-state index in [9.17, 15) is 14.4 Å². The van der Waals surface area contributed by atoms with Crippen LogP contribution in [0.3, 0.4) is 0 Å². The van der Waals surface area contributed by atoms with Crippen molar-refractivity contribution in [2.75, 3.05) is 0 Å². The van der Waals surface area contributed by atoms with Crippen molar-refractivity contribution in [1.82, 2.24) is 0 Å². The number of rotatable bonds is 18. The summed E-state index contributed by atoms with van der Waals surface area (Å²) in [6.07, 6.45) is 11.5. The first kappa shape index (κ1) is 32.7. The molecule has 3 atom stereocenters. The van der Waals surface area contributed by atoms with E-state index in [2.05, 4.69) is 20.8 Å². The van der Waals surface area contributed by atoms with Crippen molar-refractivity contribution in [2.24, 2.45) is 17.8 Å². The Kier molecular flexibility index (Phi) is 15.9. The molecule has 0 saturated carbocycles. The molecule has 0 N–H and O–H groups in total. The number of benzene rings is 1. The summed E-state index contributed by atoms with van der Waals surface area (Å²) in [6.45, 7) is 13.7. The summed E-state index contributed by atoms with van der Waals surface area (Å²) in [6, 6.07) is 3.09. The van der Waals surface area contributed by atoms with Gasteiger partial charge in [-0.15, -0.1) is 0 Å². The van der Waals surface area contributed by atoms with Gasteiger partial charge in [0, 0.05) is 17.7 Å². The first-order valence-electron chi connectivity index (χ1n) is 14.4. The Morgan fingerprint density at radius 1 is 0.595 bits per heavy atom.